The maximum absolute atomic E-state index is 4.54. The molecule has 51 heavy (non-hydrogen) atoms. The second kappa shape index (κ2) is 23.1. The third-order valence-electron chi connectivity index (χ3n) is 10.9. The molecule has 0 nitrogen and oxygen atoms in total. The van der Waals surface area contributed by atoms with Crippen molar-refractivity contribution in [1.82, 2.24) is 0 Å². The summed E-state index contributed by atoms with van der Waals surface area (Å²) in [7, 11) is 0. The summed E-state index contributed by atoms with van der Waals surface area (Å²) < 4.78 is 0. The number of hydrogen-bond donors (Lipinski definition) is 0. The third kappa shape index (κ3) is 12.3. The standard InChI is InChI=1S/C51H70/c1-9-15-31-47(14-6)51(49-33-21-18-22-34-49,48(26-12-4)32-16-10-2)38-37-42(8)28-20-17-19-27-41(7)35-36-50-43(13-5)39-44(25-11-3)45-29-23-24-30-46(50)40-45/h13-16,18,21-22,24,26,30-34,42,50H,5,7,9-12,17,19-20,23,25,27-29,35-38H2,1-4,6,8H3/b31-15-,32-16-,47-14+,48-26+. The molecule has 2 aliphatic rings. The lowest BCUT2D eigenvalue weighted by Gasteiger charge is -2.39. The van der Waals surface area contributed by atoms with Crippen LogP contribution in [0.15, 0.2) is 149 Å². The Morgan fingerprint density at radius 3 is 2.33 bits per heavy atom. The quantitative estimate of drug-likeness (QED) is 0.0466. The smallest absolute Gasteiger partial charge is 0.0444 e. The largest absolute Gasteiger partial charge is 0.112 e. The molecule has 274 valence electrons. The molecule has 0 saturated heterocycles. The molecule has 0 saturated carbocycles. The van der Waals surface area contributed by atoms with Crippen molar-refractivity contribution < 1.29 is 0 Å². The van der Waals surface area contributed by atoms with Crippen LogP contribution in [0.3, 0.4) is 0 Å². The Hall–Kier alpha value is -3.56. The van der Waals surface area contributed by atoms with Crippen LogP contribution in [0.2, 0.25) is 0 Å². The Kier molecular flexibility index (Phi) is 19.0. The van der Waals surface area contributed by atoms with Crippen LogP contribution < -0.4 is 0 Å². The lowest BCUT2D eigenvalue weighted by atomic mass is 9.64. The summed E-state index contributed by atoms with van der Waals surface area (Å²) >= 11 is 0. The zero-order chi connectivity index (χ0) is 36.9. The number of unbranched alkanes of at least 4 members (excludes halogenated alkanes) is 2. The molecule has 1 aromatic rings. The maximum atomic E-state index is 4.54. The highest BCUT2D eigenvalue weighted by atomic mass is 14.4. The predicted octanol–water partition coefficient (Wildman–Crippen LogP) is 15.7. The minimum atomic E-state index is -0.152. The van der Waals surface area contributed by atoms with Crippen LogP contribution in [0.4, 0.5) is 0 Å². The fraction of sp³-hybridized carbons (Fsp3) is 0.490. The molecule has 0 heterocycles. The van der Waals surface area contributed by atoms with E-state index in [2.05, 4.69) is 145 Å². The van der Waals surface area contributed by atoms with Gasteiger partial charge in [0.05, 0.1) is 0 Å². The molecule has 0 aliphatic heterocycles. The highest BCUT2D eigenvalue weighted by molar-refractivity contribution is 5.54. The summed E-state index contributed by atoms with van der Waals surface area (Å²) in [6, 6.07) is 11.3. The molecule has 0 fully saturated rings. The van der Waals surface area contributed by atoms with E-state index < -0.39 is 0 Å². The molecule has 0 spiro atoms. The first-order valence-electron chi connectivity index (χ1n) is 20.6. The first-order valence-corrected chi connectivity index (χ1v) is 20.6. The third-order valence-corrected chi connectivity index (χ3v) is 10.9. The van der Waals surface area contributed by atoms with Gasteiger partial charge < -0.3 is 0 Å². The maximum Gasteiger partial charge on any atom is 0.0444 e. The molecule has 2 aliphatic carbocycles. The van der Waals surface area contributed by atoms with Gasteiger partial charge in [0.1, 0.15) is 0 Å². The average molecular weight is 683 g/mol. The van der Waals surface area contributed by atoms with E-state index in [1.807, 2.05) is 6.08 Å². The summed E-state index contributed by atoms with van der Waals surface area (Å²) in [5, 5.41) is 0. The molecule has 2 bridgehead atoms. The molecule has 0 aromatic heterocycles. The molecule has 0 radical (unpaired) electrons. The van der Waals surface area contributed by atoms with Crippen LogP contribution in [-0.4, -0.2) is 0 Å². The lowest BCUT2D eigenvalue weighted by molar-refractivity contribution is 0.404. The fourth-order valence-electron chi connectivity index (χ4n) is 7.98. The van der Waals surface area contributed by atoms with Crippen molar-refractivity contribution in [3.63, 3.8) is 0 Å². The van der Waals surface area contributed by atoms with Crippen molar-refractivity contribution in [2.75, 3.05) is 0 Å². The Morgan fingerprint density at radius 1 is 0.922 bits per heavy atom. The second-order valence-electron chi connectivity index (χ2n) is 14.8. The zero-order valence-corrected chi connectivity index (χ0v) is 33.5. The van der Waals surface area contributed by atoms with E-state index >= 15 is 0 Å². The molecule has 0 heteroatoms. The van der Waals surface area contributed by atoms with Gasteiger partial charge in [0.25, 0.3) is 0 Å². The van der Waals surface area contributed by atoms with E-state index in [1.54, 1.807) is 0 Å². The van der Waals surface area contributed by atoms with Gasteiger partial charge in [-0.3, -0.25) is 0 Å². The Balaban J connectivity index is 1.62. The molecule has 3 atom stereocenters. The van der Waals surface area contributed by atoms with E-state index in [9.17, 15) is 0 Å². The highest BCUT2D eigenvalue weighted by Gasteiger charge is 2.37. The minimum absolute atomic E-state index is 0.152. The Morgan fingerprint density at radius 2 is 1.67 bits per heavy atom. The van der Waals surface area contributed by atoms with E-state index in [0.29, 0.717) is 11.8 Å². The van der Waals surface area contributed by atoms with Crippen LogP contribution in [0.1, 0.15) is 150 Å². The van der Waals surface area contributed by atoms with E-state index in [-0.39, 0.29) is 5.41 Å². The first-order chi connectivity index (χ1) is 24.9. The topological polar surface area (TPSA) is 0 Å². The SMILES string of the molecule is C=CC1=C=C(CCC)C2=C=C(C=CCC2)C1CCC(=C)CCCCCC(C)CCC(C(/C=C\CC)=C/C)(C(/C=C\CC)=C/CC)c1ccccc1. The van der Waals surface area contributed by atoms with Crippen molar-refractivity contribution in [3.8, 4) is 0 Å². The average Bonchev–Trinajstić information content (AvgIpc) is 3.47. The number of benzene rings is 1. The molecule has 3 unspecified atom stereocenters. The van der Waals surface area contributed by atoms with Crippen molar-refractivity contribution >= 4 is 0 Å². The molecule has 1 aromatic carbocycles. The second-order valence-corrected chi connectivity index (χ2v) is 14.8. The van der Waals surface area contributed by atoms with Crippen LogP contribution in [0, 0.1) is 11.8 Å². The summed E-state index contributed by atoms with van der Waals surface area (Å²) in [5.74, 6) is 0.985. The normalized spacial score (nSPS) is 18.4. The first kappa shape index (κ1) is 41.9. The number of hydrogen-bond acceptors (Lipinski definition) is 0. The van der Waals surface area contributed by atoms with Crippen LogP contribution in [0.5, 0.6) is 0 Å². The fourth-order valence-corrected chi connectivity index (χ4v) is 7.98. The van der Waals surface area contributed by atoms with E-state index in [4.69, 9.17) is 0 Å². The number of allylic oxidation sites excluding steroid dienone is 14. The van der Waals surface area contributed by atoms with Gasteiger partial charge in [-0.2, -0.15) is 0 Å². The molecule has 3 rings (SSSR count). The van der Waals surface area contributed by atoms with Crippen LogP contribution >= 0.6 is 0 Å². The van der Waals surface area contributed by atoms with E-state index in [0.717, 1.165) is 70.6 Å². The predicted molar refractivity (Wildman–Crippen MR) is 227 cm³/mol. The van der Waals surface area contributed by atoms with Crippen LogP contribution in [0.25, 0.3) is 0 Å². The Bertz CT molecular complexity index is 1550. The summed E-state index contributed by atoms with van der Waals surface area (Å²) in [5.41, 5.74) is 18.4. The Labute approximate surface area is 314 Å². The monoisotopic (exact) mass is 683 g/mol. The van der Waals surface area contributed by atoms with Gasteiger partial charge in [0.2, 0.25) is 0 Å². The lowest BCUT2D eigenvalue weighted by Crippen LogP contribution is -2.31. The van der Waals surface area contributed by atoms with Gasteiger partial charge in [0.15, 0.2) is 0 Å². The molecular formula is C51H70. The van der Waals surface area contributed by atoms with Crippen molar-refractivity contribution in [2.24, 2.45) is 11.8 Å². The van der Waals surface area contributed by atoms with Crippen molar-refractivity contribution in [3.05, 3.63) is 154 Å². The van der Waals surface area contributed by atoms with Gasteiger partial charge in [-0.15, -0.1) is 11.5 Å². The molecule has 0 amide bonds. The van der Waals surface area contributed by atoms with Gasteiger partial charge in [-0.1, -0.05) is 164 Å². The molecule has 0 N–H and O–H groups in total. The highest BCUT2D eigenvalue weighted by Crippen LogP contribution is 2.46. The van der Waals surface area contributed by atoms with E-state index in [1.165, 1.54) is 76.7 Å². The van der Waals surface area contributed by atoms with Crippen LogP contribution in [-0.2, 0) is 5.41 Å². The van der Waals surface area contributed by atoms with Gasteiger partial charge in [-0.05, 0) is 107 Å². The number of rotatable bonds is 23. The van der Waals surface area contributed by atoms with Gasteiger partial charge in [0, 0.05) is 33.6 Å². The summed E-state index contributed by atoms with van der Waals surface area (Å²) in [6.07, 6.45) is 39.2. The van der Waals surface area contributed by atoms with Gasteiger partial charge >= 0.3 is 0 Å². The van der Waals surface area contributed by atoms with Crippen molar-refractivity contribution in [2.45, 2.75) is 150 Å². The summed E-state index contributed by atoms with van der Waals surface area (Å²) in [4.78, 5) is 0. The zero-order valence-electron chi connectivity index (χ0n) is 33.5. The van der Waals surface area contributed by atoms with Gasteiger partial charge in [-0.25, -0.2) is 0 Å². The summed E-state index contributed by atoms with van der Waals surface area (Å²) in [6.45, 7) is 22.4. The van der Waals surface area contributed by atoms with Crippen molar-refractivity contribution in [1.29, 1.82) is 0 Å². The minimum Gasteiger partial charge on any atom is -0.112 e. The molecular weight excluding hydrogens is 613 g/mol.